The molecule has 128 valence electrons. The average Bonchev–Trinajstić information content (AvgIpc) is 2.94. The summed E-state index contributed by atoms with van der Waals surface area (Å²) in [5, 5.41) is 2.28. The number of rotatable bonds is 3. The zero-order valence-corrected chi connectivity index (χ0v) is 15.5. The van der Waals surface area contributed by atoms with Crippen LogP contribution in [-0.2, 0) is 0 Å². The van der Waals surface area contributed by atoms with Crippen molar-refractivity contribution in [3.63, 3.8) is 0 Å². The molecule has 0 amide bonds. The van der Waals surface area contributed by atoms with Crippen LogP contribution in [0.15, 0.2) is 83.4 Å². The Hall–Kier alpha value is -2.93. The second kappa shape index (κ2) is 6.42. The number of ketones is 1. The van der Waals surface area contributed by atoms with Crippen LogP contribution in [0.5, 0.6) is 0 Å². The molecule has 0 fully saturated rings. The fraction of sp³-hybridized carbons (Fsp3) is 0.160. The number of hydrogen-bond donors (Lipinski definition) is 0. The lowest BCUT2D eigenvalue weighted by atomic mass is 9.89. The van der Waals surface area contributed by atoms with Crippen molar-refractivity contribution < 1.29 is 4.79 Å². The third kappa shape index (κ3) is 2.70. The third-order valence-electron chi connectivity index (χ3n) is 5.59. The van der Waals surface area contributed by atoms with Crippen molar-refractivity contribution in [1.29, 1.82) is 0 Å². The summed E-state index contributed by atoms with van der Waals surface area (Å²) in [5.41, 5.74) is 7.94. The van der Waals surface area contributed by atoms with Crippen LogP contribution >= 0.6 is 0 Å². The van der Waals surface area contributed by atoms with Gasteiger partial charge in [0.2, 0.25) is 0 Å². The zero-order valence-electron chi connectivity index (χ0n) is 15.5. The Morgan fingerprint density at radius 1 is 0.769 bits per heavy atom. The molecule has 0 heterocycles. The maximum absolute atomic E-state index is 13.3. The highest BCUT2D eigenvalue weighted by Gasteiger charge is 2.23. The quantitative estimate of drug-likeness (QED) is 0.493. The summed E-state index contributed by atoms with van der Waals surface area (Å²) in [6.45, 7) is 6.54. The minimum Gasteiger partial charge on any atom is -0.289 e. The lowest BCUT2D eigenvalue weighted by molar-refractivity contribution is 0.103. The van der Waals surface area contributed by atoms with Crippen molar-refractivity contribution >= 4 is 22.1 Å². The molecule has 0 aliphatic heterocycles. The van der Waals surface area contributed by atoms with Gasteiger partial charge in [-0.15, -0.1) is 0 Å². The van der Waals surface area contributed by atoms with Gasteiger partial charge in [0.1, 0.15) is 0 Å². The second-order valence-corrected chi connectivity index (χ2v) is 7.13. The summed E-state index contributed by atoms with van der Waals surface area (Å²) < 4.78 is 0. The van der Waals surface area contributed by atoms with Gasteiger partial charge in [-0.25, -0.2) is 0 Å². The second-order valence-electron chi connectivity index (χ2n) is 7.13. The molecule has 0 bridgehead atoms. The van der Waals surface area contributed by atoms with Crippen molar-refractivity contribution in [3.8, 4) is 0 Å². The molecule has 0 saturated carbocycles. The largest absolute Gasteiger partial charge is 0.289 e. The number of fused-ring (bicyclic) bond motifs is 1. The first-order valence-electron chi connectivity index (χ1n) is 9.05. The fourth-order valence-corrected chi connectivity index (χ4v) is 3.80. The van der Waals surface area contributed by atoms with Crippen molar-refractivity contribution in [3.05, 3.63) is 100 Å². The first-order chi connectivity index (χ1) is 12.6. The number of hydrogen-bond acceptors (Lipinski definition) is 1. The van der Waals surface area contributed by atoms with Crippen molar-refractivity contribution in [1.82, 2.24) is 0 Å². The van der Waals surface area contributed by atoms with E-state index < -0.39 is 0 Å². The number of carbonyl (C=O) groups excluding carboxylic acids is 1. The van der Waals surface area contributed by atoms with E-state index in [0.717, 1.165) is 28.5 Å². The van der Waals surface area contributed by atoms with Crippen molar-refractivity contribution in [2.75, 3.05) is 0 Å². The molecule has 0 spiro atoms. The molecule has 1 nitrogen and oxygen atoms in total. The first-order valence-corrected chi connectivity index (χ1v) is 9.05. The molecule has 0 aromatic heterocycles. The highest BCUT2D eigenvalue weighted by molar-refractivity contribution is 6.14. The van der Waals surface area contributed by atoms with Gasteiger partial charge in [0.25, 0.3) is 0 Å². The number of carbonyl (C=O) groups is 1. The van der Waals surface area contributed by atoms with Gasteiger partial charge in [-0.2, -0.15) is 0 Å². The zero-order chi connectivity index (χ0) is 18.3. The molecular weight excluding hydrogens is 316 g/mol. The van der Waals surface area contributed by atoms with Crippen LogP contribution in [0.25, 0.3) is 16.3 Å². The Morgan fingerprint density at radius 2 is 1.38 bits per heavy atom. The molecule has 3 aromatic carbocycles. The monoisotopic (exact) mass is 338 g/mol. The van der Waals surface area contributed by atoms with Crippen molar-refractivity contribution in [2.24, 2.45) is 0 Å². The van der Waals surface area contributed by atoms with Crippen LogP contribution in [0.2, 0.25) is 0 Å². The summed E-state index contributed by atoms with van der Waals surface area (Å²) in [7, 11) is 0. The maximum Gasteiger partial charge on any atom is 0.193 e. The van der Waals surface area contributed by atoms with E-state index in [1.54, 1.807) is 0 Å². The van der Waals surface area contributed by atoms with Gasteiger partial charge >= 0.3 is 0 Å². The SMILES string of the molecule is CC1=C(C)C(C)=C(c2cc3ccccc3cc2C(=O)c2ccccc2)C1. The molecule has 1 aliphatic carbocycles. The van der Waals surface area contributed by atoms with Gasteiger partial charge in [-0.1, -0.05) is 60.2 Å². The topological polar surface area (TPSA) is 17.1 Å². The molecule has 0 unspecified atom stereocenters. The van der Waals surface area contributed by atoms with Crippen LogP contribution in [0.1, 0.15) is 48.7 Å². The van der Waals surface area contributed by atoms with Gasteiger partial charge in [0, 0.05) is 11.1 Å². The first kappa shape index (κ1) is 16.5. The van der Waals surface area contributed by atoms with Gasteiger partial charge in [0.05, 0.1) is 0 Å². The predicted octanol–water partition coefficient (Wildman–Crippen LogP) is 6.58. The Morgan fingerprint density at radius 3 is 2.00 bits per heavy atom. The molecule has 26 heavy (non-hydrogen) atoms. The number of benzene rings is 3. The third-order valence-corrected chi connectivity index (χ3v) is 5.59. The van der Waals surface area contributed by atoms with Crippen LogP contribution in [-0.4, -0.2) is 5.78 Å². The molecule has 1 heteroatoms. The summed E-state index contributed by atoms with van der Waals surface area (Å²) in [4.78, 5) is 13.3. The van der Waals surface area contributed by atoms with E-state index >= 15 is 0 Å². The van der Waals surface area contributed by atoms with Crippen LogP contribution in [0, 0.1) is 0 Å². The Labute approximate surface area is 154 Å². The summed E-state index contributed by atoms with van der Waals surface area (Å²) in [6, 6.07) is 22.1. The van der Waals surface area contributed by atoms with Gasteiger partial charge in [0.15, 0.2) is 5.78 Å². The highest BCUT2D eigenvalue weighted by Crippen LogP contribution is 2.40. The molecule has 0 N–H and O–H groups in total. The van der Waals surface area contributed by atoms with Gasteiger partial charge in [-0.3, -0.25) is 4.79 Å². The molecule has 1 aliphatic rings. The Balaban J connectivity index is 1.96. The normalized spacial score (nSPS) is 14.4. The van der Waals surface area contributed by atoms with Gasteiger partial charge < -0.3 is 0 Å². The molecule has 0 radical (unpaired) electrons. The molecule has 0 atom stereocenters. The lowest BCUT2D eigenvalue weighted by Crippen LogP contribution is -2.06. The number of allylic oxidation sites excluding steroid dienone is 4. The molecular formula is C25H22O. The average molecular weight is 338 g/mol. The van der Waals surface area contributed by atoms with E-state index in [0.29, 0.717) is 0 Å². The van der Waals surface area contributed by atoms with Crippen molar-refractivity contribution in [2.45, 2.75) is 27.2 Å². The van der Waals surface area contributed by atoms with Crippen LogP contribution in [0.3, 0.4) is 0 Å². The highest BCUT2D eigenvalue weighted by atomic mass is 16.1. The Bertz CT molecular complexity index is 1080. The predicted molar refractivity (Wildman–Crippen MR) is 109 cm³/mol. The molecule has 3 aromatic rings. The standard InChI is InChI=1S/C25H22O/c1-16-13-22(18(3)17(16)2)23-14-20-11-7-8-12-21(20)15-24(23)25(26)19-9-5-4-6-10-19/h4-12,14-15H,13H2,1-3H3. The van der Waals surface area contributed by atoms with Gasteiger partial charge in [-0.05, 0) is 72.4 Å². The van der Waals surface area contributed by atoms with E-state index in [1.165, 1.54) is 27.7 Å². The summed E-state index contributed by atoms with van der Waals surface area (Å²) in [5.74, 6) is 0.0915. The summed E-state index contributed by atoms with van der Waals surface area (Å²) >= 11 is 0. The Kier molecular flexibility index (Phi) is 4.08. The van der Waals surface area contributed by atoms with Crippen LogP contribution < -0.4 is 0 Å². The lowest BCUT2D eigenvalue weighted by Gasteiger charge is -2.14. The molecule has 4 rings (SSSR count). The molecule has 0 saturated heterocycles. The fourth-order valence-electron chi connectivity index (χ4n) is 3.80. The van der Waals surface area contributed by atoms with E-state index in [4.69, 9.17) is 0 Å². The van der Waals surface area contributed by atoms with E-state index in [-0.39, 0.29) is 5.78 Å². The maximum atomic E-state index is 13.3. The van der Waals surface area contributed by atoms with E-state index in [9.17, 15) is 4.79 Å². The minimum absolute atomic E-state index is 0.0915. The smallest absolute Gasteiger partial charge is 0.193 e. The van der Waals surface area contributed by atoms with E-state index in [2.05, 4.69) is 51.1 Å². The van der Waals surface area contributed by atoms with Crippen LogP contribution in [0.4, 0.5) is 0 Å². The van der Waals surface area contributed by atoms with E-state index in [1.807, 2.05) is 36.4 Å². The summed E-state index contributed by atoms with van der Waals surface area (Å²) in [6.07, 6.45) is 0.922. The minimum atomic E-state index is 0.0915.